The van der Waals surface area contributed by atoms with Crippen molar-refractivity contribution in [3.8, 4) is 0 Å². The number of hydrogen-bond donors (Lipinski definition) is 3. The van der Waals surface area contributed by atoms with Crippen molar-refractivity contribution in [2.24, 2.45) is 5.73 Å². The summed E-state index contributed by atoms with van der Waals surface area (Å²) in [5.41, 5.74) is 4.98. The number of likely N-dealkylation sites (N-methyl/N-ethyl adjacent to an activating group) is 1. The Morgan fingerprint density at radius 2 is 2.05 bits per heavy atom. The standard InChI is InChI=1S/C12H22N4O4/c1-8-7-15(2)4-3-5-16(8)12(20)14-9(11(18)19)6-10(13)17/h8-9H,3-7H2,1-2H3,(H2,13,17)(H,14,20)(H,18,19). The van der Waals surface area contributed by atoms with Crippen LogP contribution < -0.4 is 11.1 Å². The summed E-state index contributed by atoms with van der Waals surface area (Å²) in [6.45, 7) is 4.07. The number of carbonyl (C=O) groups excluding carboxylic acids is 2. The Morgan fingerprint density at radius 1 is 1.40 bits per heavy atom. The van der Waals surface area contributed by atoms with Crippen molar-refractivity contribution >= 4 is 17.9 Å². The van der Waals surface area contributed by atoms with Gasteiger partial charge in [0.25, 0.3) is 0 Å². The molecule has 2 unspecified atom stereocenters. The number of nitrogens with zero attached hydrogens (tertiary/aromatic N) is 2. The van der Waals surface area contributed by atoms with Crippen LogP contribution in [0.3, 0.4) is 0 Å². The van der Waals surface area contributed by atoms with E-state index >= 15 is 0 Å². The van der Waals surface area contributed by atoms with E-state index in [9.17, 15) is 14.4 Å². The predicted molar refractivity (Wildman–Crippen MR) is 72.0 cm³/mol. The number of urea groups is 1. The Bertz CT molecular complexity index is 388. The van der Waals surface area contributed by atoms with E-state index in [1.807, 2.05) is 14.0 Å². The van der Waals surface area contributed by atoms with Crippen LogP contribution in [0.25, 0.3) is 0 Å². The number of aliphatic carboxylic acids is 1. The molecule has 1 fully saturated rings. The number of carboxylic acids is 1. The molecule has 0 aromatic rings. The van der Waals surface area contributed by atoms with Gasteiger partial charge in [-0.25, -0.2) is 9.59 Å². The Labute approximate surface area is 117 Å². The summed E-state index contributed by atoms with van der Waals surface area (Å²) in [4.78, 5) is 37.7. The van der Waals surface area contributed by atoms with Crippen LogP contribution in [0, 0.1) is 0 Å². The molecule has 114 valence electrons. The molecule has 20 heavy (non-hydrogen) atoms. The first-order valence-electron chi connectivity index (χ1n) is 6.58. The van der Waals surface area contributed by atoms with Crippen molar-refractivity contribution in [3.05, 3.63) is 0 Å². The fourth-order valence-corrected chi connectivity index (χ4v) is 2.31. The molecule has 0 spiro atoms. The van der Waals surface area contributed by atoms with E-state index < -0.39 is 30.4 Å². The lowest BCUT2D eigenvalue weighted by atomic mass is 10.2. The van der Waals surface area contributed by atoms with Crippen molar-refractivity contribution in [3.63, 3.8) is 0 Å². The predicted octanol–water partition coefficient (Wildman–Crippen LogP) is -0.949. The van der Waals surface area contributed by atoms with Crippen LogP contribution in [0.15, 0.2) is 0 Å². The van der Waals surface area contributed by atoms with Gasteiger partial charge in [-0.1, -0.05) is 0 Å². The lowest BCUT2D eigenvalue weighted by molar-refractivity contribution is -0.141. The molecule has 0 saturated carbocycles. The molecular formula is C12H22N4O4. The first kappa shape index (κ1) is 16.2. The second-order valence-electron chi connectivity index (χ2n) is 5.17. The highest BCUT2D eigenvalue weighted by molar-refractivity contribution is 5.87. The summed E-state index contributed by atoms with van der Waals surface area (Å²) in [5.74, 6) is -2.03. The maximum absolute atomic E-state index is 12.1. The van der Waals surface area contributed by atoms with Gasteiger partial charge in [-0.15, -0.1) is 0 Å². The second-order valence-corrected chi connectivity index (χ2v) is 5.17. The van der Waals surface area contributed by atoms with Crippen molar-refractivity contribution in [2.45, 2.75) is 31.8 Å². The SMILES string of the molecule is CC1CN(C)CCCN1C(=O)NC(CC(N)=O)C(=O)O. The first-order valence-corrected chi connectivity index (χ1v) is 6.58. The molecule has 8 heteroatoms. The van der Waals surface area contributed by atoms with E-state index in [0.29, 0.717) is 6.54 Å². The smallest absolute Gasteiger partial charge is 0.326 e. The van der Waals surface area contributed by atoms with E-state index in [0.717, 1.165) is 19.5 Å². The monoisotopic (exact) mass is 286 g/mol. The molecule has 1 aliphatic rings. The second kappa shape index (κ2) is 7.09. The van der Waals surface area contributed by atoms with Gasteiger partial charge in [0.2, 0.25) is 5.91 Å². The number of nitrogens with two attached hydrogens (primary N) is 1. The summed E-state index contributed by atoms with van der Waals surface area (Å²) >= 11 is 0. The van der Waals surface area contributed by atoms with E-state index in [4.69, 9.17) is 10.8 Å². The number of primary amides is 1. The average Bonchev–Trinajstić information content (AvgIpc) is 2.48. The Hall–Kier alpha value is -1.83. The minimum Gasteiger partial charge on any atom is -0.480 e. The van der Waals surface area contributed by atoms with Gasteiger partial charge in [-0.3, -0.25) is 4.79 Å². The fraction of sp³-hybridized carbons (Fsp3) is 0.750. The lowest BCUT2D eigenvalue weighted by Crippen LogP contribution is -2.52. The van der Waals surface area contributed by atoms with Crippen molar-refractivity contribution in [2.75, 3.05) is 26.7 Å². The average molecular weight is 286 g/mol. The molecule has 0 aliphatic carbocycles. The van der Waals surface area contributed by atoms with E-state index in [1.165, 1.54) is 0 Å². The Morgan fingerprint density at radius 3 is 2.60 bits per heavy atom. The summed E-state index contributed by atoms with van der Waals surface area (Å²) < 4.78 is 0. The number of carboxylic acid groups (broad SMARTS) is 1. The molecule has 8 nitrogen and oxygen atoms in total. The molecular weight excluding hydrogens is 264 g/mol. The van der Waals surface area contributed by atoms with Crippen LogP contribution in [0.4, 0.5) is 4.79 Å². The quantitative estimate of drug-likeness (QED) is 0.616. The Kier molecular flexibility index (Phi) is 5.75. The highest BCUT2D eigenvalue weighted by Gasteiger charge is 2.28. The van der Waals surface area contributed by atoms with Crippen LogP contribution in [0.2, 0.25) is 0 Å². The third-order valence-electron chi connectivity index (χ3n) is 3.31. The highest BCUT2D eigenvalue weighted by atomic mass is 16.4. The molecule has 0 bridgehead atoms. The van der Waals surface area contributed by atoms with Gasteiger partial charge in [-0.05, 0) is 26.9 Å². The number of hydrogen-bond acceptors (Lipinski definition) is 4. The van der Waals surface area contributed by atoms with Crippen LogP contribution in [0.5, 0.6) is 0 Å². The van der Waals surface area contributed by atoms with Crippen LogP contribution in [-0.4, -0.2) is 71.6 Å². The topological polar surface area (TPSA) is 116 Å². The summed E-state index contributed by atoms with van der Waals surface area (Å²) in [6, 6.07) is -1.78. The molecule has 0 aromatic heterocycles. The molecule has 0 radical (unpaired) electrons. The van der Waals surface area contributed by atoms with Crippen molar-refractivity contribution in [1.29, 1.82) is 0 Å². The van der Waals surface area contributed by atoms with E-state index in [-0.39, 0.29) is 6.04 Å². The van der Waals surface area contributed by atoms with Gasteiger partial charge in [0, 0.05) is 19.1 Å². The lowest BCUT2D eigenvalue weighted by Gasteiger charge is -2.29. The number of rotatable bonds is 4. The van der Waals surface area contributed by atoms with Crippen molar-refractivity contribution in [1.82, 2.24) is 15.1 Å². The van der Waals surface area contributed by atoms with Gasteiger partial charge in [0.1, 0.15) is 6.04 Å². The van der Waals surface area contributed by atoms with Crippen LogP contribution in [0.1, 0.15) is 19.8 Å². The summed E-state index contributed by atoms with van der Waals surface area (Å²) in [6.07, 6.45) is 0.408. The molecule has 1 heterocycles. The molecule has 2 atom stereocenters. The molecule has 1 aliphatic heterocycles. The van der Waals surface area contributed by atoms with E-state index in [2.05, 4.69) is 10.2 Å². The minimum atomic E-state index is -1.28. The minimum absolute atomic E-state index is 0.0227. The highest BCUT2D eigenvalue weighted by Crippen LogP contribution is 2.09. The zero-order valence-corrected chi connectivity index (χ0v) is 11.8. The van der Waals surface area contributed by atoms with Gasteiger partial charge in [-0.2, -0.15) is 0 Å². The molecule has 1 rings (SSSR count). The molecule has 4 N–H and O–H groups in total. The van der Waals surface area contributed by atoms with Crippen LogP contribution >= 0.6 is 0 Å². The normalized spacial score (nSPS) is 21.9. The third-order valence-corrected chi connectivity index (χ3v) is 3.31. The zero-order valence-electron chi connectivity index (χ0n) is 11.8. The molecule has 1 saturated heterocycles. The number of carbonyl (C=O) groups is 3. The van der Waals surface area contributed by atoms with Crippen LogP contribution in [-0.2, 0) is 9.59 Å². The van der Waals surface area contributed by atoms with Gasteiger partial charge >= 0.3 is 12.0 Å². The maximum Gasteiger partial charge on any atom is 0.326 e. The summed E-state index contributed by atoms with van der Waals surface area (Å²) in [5, 5.41) is 11.3. The van der Waals surface area contributed by atoms with Gasteiger partial charge < -0.3 is 26.0 Å². The fourth-order valence-electron chi connectivity index (χ4n) is 2.31. The zero-order chi connectivity index (χ0) is 15.3. The Balaban J connectivity index is 2.67. The maximum atomic E-state index is 12.1. The van der Waals surface area contributed by atoms with Gasteiger partial charge in [0.15, 0.2) is 0 Å². The largest absolute Gasteiger partial charge is 0.480 e. The molecule has 0 aromatic carbocycles. The van der Waals surface area contributed by atoms with Gasteiger partial charge in [0.05, 0.1) is 6.42 Å². The molecule has 3 amide bonds. The van der Waals surface area contributed by atoms with Crippen molar-refractivity contribution < 1.29 is 19.5 Å². The number of nitrogens with one attached hydrogen (secondary N) is 1. The number of amides is 3. The van der Waals surface area contributed by atoms with E-state index in [1.54, 1.807) is 4.90 Å². The first-order chi connectivity index (χ1) is 9.31. The third kappa shape index (κ3) is 4.69. The summed E-state index contributed by atoms with van der Waals surface area (Å²) in [7, 11) is 1.98.